The molecule has 1 heterocycles. The Morgan fingerprint density at radius 3 is 2.42 bits per heavy atom. The van der Waals surface area contributed by atoms with Crippen LogP contribution >= 0.6 is 0 Å². The van der Waals surface area contributed by atoms with Crippen LogP contribution in [-0.4, -0.2) is 22.7 Å². The van der Waals surface area contributed by atoms with Crippen LogP contribution in [0.3, 0.4) is 0 Å². The van der Waals surface area contributed by atoms with Gasteiger partial charge in [0.25, 0.3) is 0 Å². The summed E-state index contributed by atoms with van der Waals surface area (Å²) in [6.45, 7) is 12.5. The lowest BCUT2D eigenvalue weighted by molar-refractivity contribution is -0.137. The van der Waals surface area contributed by atoms with Crippen LogP contribution in [0.15, 0.2) is 47.7 Å². The molecule has 3 rings (SSSR count). The highest BCUT2D eigenvalue weighted by Gasteiger charge is 2.31. The van der Waals surface area contributed by atoms with E-state index >= 15 is 0 Å². The average Bonchev–Trinajstić information content (AvgIpc) is 2.90. The molecule has 0 aliphatic carbocycles. The van der Waals surface area contributed by atoms with E-state index in [9.17, 15) is 13.2 Å². The van der Waals surface area contributed by atoms with E-state index in [0.717, 1.165) is 58.6 Å². The minimum atomic E-state index is -4.38. The molecule has 8 heteroatoms. The van der Waals surface area contributed by atoms with Crippen molar-refractivity contribution in [2.75, 3.05) is 11.9 Å². The Balaban J connectivity index is 1.77. The Morgan fingerprint density at radius 2 is 1.76 bits per heavy atom. The number of rotatable bonds is 10. The Bertz CT molecular complexity index is 1330. The lowest BCUT2D eigenvalue weighted by Crippen LogP contribution is -2.10. The van der Waals surface area contributed by atoms with Crippen molar-refractivity contribution in [2.45, 2.75) is 67.0 Å². The normalized spacial score (nSPS) is 12.3. The first-order chi connectivity index (χ1) is 18.1. The molecule has 0 aliphatic rings. The molecule has 38 heavy (non-hydrogen) atoms. The summed E-state index contributed by atoms with van der Waals surface area (Å²) in [6, 6.07) is 7.51. The molecule has 1 aromatic heterocycles. The smallest absolute Gasteiger partial charge is 0.416 e. The quantitative estimate of drug-likeness (QED) is 0.270. The largest absolute Gasteiger partial charge is 0.457 e. The zero-order chi connectivity index (χ0) is 27.9. The van der Waals surface area contributed by atoms with Crippen molar-refractivity contribution < 1.29 is 17.9 Å². The van der Waals surface area contributed by atoms with Gasteiger partial charge in [-0.15, -0.1) is 0 Å². The van der Waals surface area contributed by atoms with Crippen LogP contribution < -0.4 is 10.1 Å². The van der Waals surface area contributed by atoms with E-state index < -0.39 is 11.7 Å². The van der Waals surface area contributed by atoms with E-state index in [1.807, 2.05) is 66.0 Å². The Hall–Kier alpha value is -3.68. The van der Waals surface area contributed by atoms with Crippen LogP contribution in [-0.2, 0) is 19.0 Å². The molecule has 0 atom stereocenters. The highest BCUT2D eigenvalue weighted by Crippen LogP contribution is 2.36. The molecule has 0 bridgehead atoms. The number of allylic oxidation sites excluding steroid dienone is 2. The monoisotopic (exact) mass is 524 g/mol. The van der Waals surface area contributed by atoms with Crippen LogP contribution in [0.4, 0.5) is 24.8 Å². The van der Waals surface area contributed by atoms with Crippen molar-refractivity contribution in [2.24, 2.45) is 4.99 Å². The summed E-state index contributed by atoms with van der Waals surface area (Å²) in [5, 5.41) is 3.44. The van der Waals surface area contributed by atoms with Gasteiger partial charge in [0.05, 0.1) is 11.1 Å². The number of benzene rings is 2. The molecule has 0 radical (unpaired) electrons. The zero-order valence-electron chi connectivity index (χ0n) is 22.8. The fourth-order valence-corrected chi connectivity index (χ4v) is 4.09. The predicted octanol–water partition coefficient (Wildman–Crippen LogP) is 8.66. The fourth-order valence-electron chi connectivity index (χ4n) is 4.09. The molecule has 3 aromatic rings. The third-order valence-corrected chi connectivity index (χ3v) is 6.58. The maximum Gasteiger partial charge on any atom is 0.416 e. The molecule has 0 saturated carbocycles. The Kier molecular flexibility index (Phi) is 9.66. The number of halogens is 3. The molecule has 0 saturated heterocycles. The van der Waals surface area contributed by atoms with Gasteiger partial charge >= 0.3 is 6.18 Å². The summed E-state index contributed by atoms with van der Waals surface area (Å²) in [6.07, 6.45) is 2.99. The molecular weight excluding hydrogens is 489 g/mol. The van der Waals surface area contributed by atoms with Crippen molar-refractivity contribution in [1.82, 2.24) is 9.97 Å². The minimum absolute atomic E-state index is 0.435. The lowest BCUT2D eigenvalue weighted by atomic mass is 9.99. The van der Waals surface area contributed by atoms with Gasteiger partial charge in [0.2, 0.25) is 0 Å². The van der Waals surface area contributed by atoms with Gasteiger partial charge in [-0.25, -0.2) is 15.0 Å². The molecule has 0 unspecified atom stereocenters. The van der Waals surface area contributed by atoms with Crippen molar-refractivity contribution in [1.29, 1.82) is 0 Å². The zero-order valence-corrected chi connectivity index (χ0v) is 22.8. The number of nitrogens with zero attached hydrogens (tertiary/aromatic N) is 3. The van der Waals surface area contributed by atoms with E-state index in [1.54, 1.807) is 0 Å². The fraction of sp³-hybridized carbons (Fsp3) is 0.367. The van der Waals surface area contributed by atoms with Gasteiger partial charge in [0.1, 0.15) is 23.6 Å². The topological polar surface area (TPSA) is 59.4 Å². The maximum absolute atomic E-state index is 13.1. The standard InChI is InChI=1S/C30H35F3N4O/c1-7-15-34-28-27(19(4)8-2)29(37-18-36-28)35-16-14-23-10-12-25(21(6)20(23)5)38-26-13-11-24(30(31,32)33)17-22(26)9-3/h8,10-13,15,17-18H,7,9,14,16H2,1-6H3,(H,35,36,37). The first-order valence-corrected chi connectivity index (χ1v) is 12.8. The van der Waals surface area contributed by atoms with E-state index in [-0.39, 0.29) is 0 Å². The number of aromatic nitrogens is 2. The van der Waals surface area contributed by atoms with Gasteiger partial charge in [-0.3, -0.25) is 0 Å². The van der Waals surface area contributed by atoms with Gasteiger partial charge in [-0.05, 0) is 99.0 Å². The summed E-state index contributed by atoms with van der Waals surface area (Å²) in [5.74, 6) is 2.45. The second kappa shape index (κ2) is 12.7. The molecule has 0 spiro atoms. The number of hydrogen-bond donors (Lipinski definition) is 1. The number of nitrogens with one attached hydrogen (secondary N) is 1. The summed E-state index contributed by atoms with van der Waals surface area (Å²) < 4.78 is 45.5. The van der Waals surface area contributed by atoms with Gasteiger partial charge in [0, 0.05) is 12.8 Å². The predicted molar refractivity (Wildman–Crippen MR) is 149 cm³/mol. The van der Waals surface area contributed by atoms with Gasteiger partial charge in [-0.1, -0.05) is 26.0 Å². The molecule has 2 aromatic carbocycles. The van der Waals surface area contributed by atoms with E-state index in [0.29, 0.717) is 35.8 Å². The molecule has 0 amide bonds. The van der Waals surface area contributed by atoms with Crippen LogP contribution in [0, 0.1) is 13.8 Å². The third kappa shape index (κ3) is 6.79. The molecule has 5 nitrogen and oxygen atoms in total. The van der Waals surface area contributed by atoms with E-state index in [4.69, 9.17) is 4.74 Å². The van der Waals surface area contributed by atoms with Crippen LogP contribution in [0.1, 0.15) is 67.5 Å². The number of aliphatic imine (C=N–C) groups is 1. The van der Waals surface area contributed by atoms with Crippen molar-refractivity contribution in [3.63, 3.8) is 0 Å². The van der Waals surface area contributed by atoms with E-state index in [1.165, 1.54) is 12.4 Å². The maximum atomic E-state index is 13.1. The van der Waals surface area contributed by atoms with E-state index in [2.05, 4.69) is 20.3 Å². The highest BCUT2D eigenvalue weighted by molar-refractivity contribution is 5.81. The minimum Gasteiger partial charge on any atom is -0.457 e. The number of hydrogen-bond acceptors (Lipinski definition) is 5. The lowest BCUT2D eigenvalue weighted by Gasteiger charge is -2.18. The molecule has 0 fully saturated rings. The highest BCUT2D eigenvalue weighted by atomic mass is 19.4. The number of anilines is 1. The number of alkyl halides is 3. The van der Waals surface area contributed by atoms with Crippen LogP contribution in [0.2, 0.25) is 0 Å². The van der Waals surface area contributed by atoms with Crippen LogP contribution in [0.25, 0.3) is 5.57 Å². The van der Waals surface area contributed by atoms with Gasteiger partial charge in [0.15, 0.2) is 5.82 Å². The summed E-state index contributed by atoms with van der Waals surface area (Å²) >= 11 is 0. The Labute approximate surface area is 222 Å². The average molecular weight is 525 g/mol. The summed E-state index contributed by atoms with van der Waals surface area (Å²) in [5.41, 5.74) is 4.96. The molecule has 1 N–H and O–H groups in total. The second-order valence-corrected chi connectivity index (χ2v) is 9.04. The van der Waals surface area contributed by atoms with Crippen molar-refractivity contribution >= 4 is 23.4 Å². The van der Waals surface area contributed by atoms with Gasteiger partial charge < -0.3 is 10.1 Å². The number of aryl methyl sites for hydroxylation is 1. The third-order valence-electron chi connectivity index (χ3n) is 6.58. The Morgan fingerprint density at radius 1 is 1.03 bits per heavy atom. The molecule has 202 valence electrons. The first-order valence-electron chi connectivity index (χ1n) is 12.8. The molecular formula is C30H35F3N4O. The first kappa shape index (κ1) is 28.9. The van der Waals surface area contributed by atoms with Crippen molar-refractivity contribution in [3.05, 3.63) is 76.1 Å². The van der Waals surface area contributed by atoms with Crippen molar-refractivity contribution in [3.8, 4) is 11.5 Å². The summed E-state index contributed by atoms with van der Waals surface area (Å²) in [4.78, 5) is 13.3. The SMILES string of the molecule is CC=C(C)c1c(N=CCC)ncnc1NCCc1ccc(Oc2ccc(C(F)(F)F)cc2CC)c(C)c1C. The van der Waals surface area contributed by atoms with Crippen LogP contribution in [0.5, 0.6) is 11.5 Å². The molecule has 0 aliphatic heterocycles. The second-order valence-electron chi connectivity index (χ2n) is 9.04. The van der Waals surface area contributed by atoms with Gasteiger partial charge in [-0.2, -0.15) is 13.2 Å². The summed E-state index contributed by atoms with van der Waals surface area (Å²) in [7, 11) is 0. The number of ether oxygens (including phenoxy) is 1.